The Morgan fingerprint density at radius 1 is 1.03 bits per heavy atom. The second-order valence-corrected chi connectivity index (χ2v) is 12.0. The highest BCUT2D eigenvalue weighted by Gasteiger charge is 2.61. The van der Waals surface area contributed by atoms with Gasteiger partial charge in [0.25, 0.3) is 0 Å². The van der Waals surface area contributed by atoms with Crippen LogP contribution in [0.2, 0.25) is 0 Å². The Morgan fingerprint density at radius 2 is 1.66 bits per heavy atom. The van der Waals surface area contributed by atoms with Crippen LogP contribution in [0.15, 0.2) is 18.2 Å². The molecule has 5 fully saturated rings. The fraction of sp³-hybridized carbons (Fsp3) is 0.731. The molecule has 3 heteroatoms. The maximum absolute atomic E-state index is 14.2. The summed E-state index contributed by atoms with van der Waals surface area (Å²) in [6.45, 7) is 7.97. The first-order chi connectivity index (χ1) is 13.7. The monoisotopic (exact) mass is 393 g/mol. The standard InChI is InChI=1S/C26H35NO2/c1-24(2)22-12-19-20(5-4-6-21(19)28)25(24,3)7-8-27(22)23(29)26-13-16-9-17(14-26)11-18(10-16)15-26/h4-6,16-18,22,28H,7-15H2,1-3H3/t16?,17?,18?,22-,25+,26?/m1/s1. The van der Waals surface area contributed by atoms with Crippen LogP contribution < -0.4 is 0 Å². The Balaban J connectivity index is 1.40. The predicted molar refractivity (Wildman–Crippen MR) is 114 cm³/mol. The average molecular weight is 394 g/mol. The van der Waals surface area contributed by atoms with Crippen molar-refractivity contribution in [1.29, 1.82) is 0 Å². The first-order valence-corrected chi connectivity index (χ1v) is 11.9. The second kappa shape index (κ2) is 5.59. The number of fused-ring (bicyclic) bond motifs is 4. The highest BCUT2D eigenvalue weighted by molar-refractivity contribution is 5.84. The van der Waals surface area contributed by atoms with Crippen molar-refractivity contribution in [2.24, 2.45) is 28.6 Å². The van der Waals surface area contributed by atoms with Gasteiger partial charge in [0.15, 0.2) is 0 Å². The molecule has 156 valence electrons. The lowest BCUT2D eigenvalue weighted by molar-refractivity contribution is -0.169. The van der Waals surface area contributed by atoms with Crippen molar-refractivity contribution in [3.8, 4) is 5.75 Å². The number of carbonyl (C=O) groups excluding carboxylic acids is 1. The molecule has 1 heterocycles. The summed E-state index contributed by atoms with van der Waals surface area (Å²) < 4.78 is 0. The minimum absolute atomic E-state index is 0.00222. The molecule has 1 amide bonds. The molecule has 5 aliphatic carbocycles. The van der Waals surface area contributed by atoms with E-state index in [1.165, 1.54) is 24.8 Å². The summed E-state index contributed by atoms with van der Waals surface area (Å²) in [4.78, 5) is 16.5. The summed E-state index contributed by atoms with van der Waals surface area (Å²) in [5.74, 6) is 3.27. The molecule has 3 nitrogen and oxygen atoms in total. The Bertz CT molecular complexity index is 851. The van der Waals surface area contributed by atoms with Crippen molar-refractivity contribution >= 4 is 5.91 Å². The molecule has 1 saturated heterocycles. The van der Waals surface area contributed by atoms with Gasteiger partial charge >= 0.3 is 0 Å². The summed E-state index contributed by atoms with van der Waals surface area (Å²) >= 11 is 0. The van der Waals surface area contributed by atoms with Crippen LogP contribution in [0.4, 0.5) is 0 Å². The molecule has 6 aliphatic rings. The molecular weight excluding hydrogens is 358 g/mol. The fourth-order valence-electron chi connectivity index (χ4n) is 8.85. The van der Waals surface area contributed by atoms with Gasteiger partial charge in [0.1, 0.15) is 5.75 Å². The van der Waals surface area contributed by atoms with Crippen LogP contribution in [0.5, 0.6) is 5.75 Å². The van der Waals surface area contributed by atoms with Gasteiger partial charge in [-0.05, 0) is 91.7 Å². The van der Waals surface area contributed by atoms with Crippen LogP contribution >= 0.6 is 0 Å². The zero-order valence-corrected chi connectivity index (χ0v) is 18.2. The summed E-state index contributed by atoms with van der Waals surface area (Å²) in [6, 6.07) is 6.20. The maximum atomic E-state index is 14.2. The number of hydrogen-bond acceptors (Lipinski definition) is 2. The normalized spacial score (nSPS) is 43.9. The van der Waals surface area contributed by atoms with Gasteiger partial charge in [-0.1, -0.05) is 32.9 Å². The van der Waals surface area contributed by atoms with E-state index in [9.17, 15) is 9.90 Å². The van der Waals surface area contributed by atoms with Crippen LogP contribution in [0.1, 0.15) is 76.8 Å². The van der Waals surface area contributed by atoms with Crippen molar-refractivity contribution in [2.75, 3.05) is 6.54 Å². The van der Waals surface area contributed by atoms with Gasteiger partial charge in [-0.15, -0.1) is 0 Å². The topological polar surface area (TPSA) is 40.5 Å². The van der Waals surface area contributed by atoms with Crippen molar-refractivity contribution in [3.05, 3.63) is 29.3 Å². The van der Waals surface area contributed by atoms with Gasteiger partial charge in [0.05, 0.1) is 5.41 Å². The molecule has 0 spiro atoms. The Hall–Kier alpha value is -1.51. The number of carbonyl (C=O) groups is 1. The third-order valence-electron chi connectivity index (χ3n) is 10.4. The quantitative estimate of drug-likeness (QED) is 0.725. The highest BCUT2D eigenvalue weighted by Crippen LogP contribution is 2.63. The first kappa shape index (κ1) is 18.3. The number of aromatic hydroxyl groups is 1. The van der Waals surface area contributed by atoms with Gasteiger partial charge in [0.2, 0.25) is 5.91 Å². The van der Waals surface area contributed by atoms with E-state index in [1.807, 2.05) is 12.1 Å². The van der Waals surface area contributed by atoms with Crippen LogP contribution in [0.25, 0.3) is 0 Å². The summed E-state index contributed by atoms with van der Waals surface area (Å²) in [5.41, 5.74) is 2.33. The number of phenols is 1. The molecule has 6 bridgehead atoms. The van der Waals surface area contributed by atoms with Crippen LogP contribution in [-0.4, -0.2) is 28.5 Å². The van der Waals surface area contributed by atoms with Crippen molar-refractivity contribution in [3.63, 3.8) is 0 Å². The predicted octanol–water partition coefficient (Wildman–Crippen LogP) is 5.05. The minimum atomic E-state index is -0.0718. The van der Waals surface area contributed by atoms with Gasteiger partial charge in [-0.25, -0.2) is 0 Å². The Labute approximate surface area is 174 Å². The molecule has 1 aromatic carbocycles. The van der Waals surface area contributed by atoms with E-state index in [2.05, 4.69) is 31.7 Å². The number of piperidine rings is 1. The van der Waals surface area contributed by atoms with E-state index in [4.69, 9.17) is 0 Å². The largest absolute Gasteiger partial charge is 0.508 e. The lowest BCUT2D eigenvalue weighted by atomic mass is 9.48. The number of rotatable bonds is 1. The van der Waals surface area contributed by atoms with Crippen molar-refractivity contribution in [1.82, 2.24) is 4.90 Å². The van der Waals surface area contributed by atoms with Gasteiger partial charge in [0, 0.05) is 18.0 Å². The number of nitrogens with zero attached hydrogens (tertiary/aromatic N) is 1. The van der Waals surface area contributed by atoms with E-state index in [1.54, 1.807) is 0 Å². The van der Waals surface area contributed by atoms with Crippen molar-refractivity contribution in [2.45, 2.75) is 83.6 Å². The van der Waals surface area contributed by atoms with Crippen LogP contribution in [0, 0.1) is 28.6 Å². The molecule has 0 unspecified atom stereocenters. The first-order valence-electron chi connectivity index (χ1n) is 11.9. The van der Waals surface area contributed by atoms with E-state index in [0.717, 1.165) is 62.0 Å². The van der Waals surface area contributed by atoms with E-state index < -0.39 is 0 Å². The third-order valence-corrected chi connectivity index (χ3v) is 10.4. The van der Waals surface area contributed by atoms with Crippen LogP contribution in [-0.2, 0) is 16.6 Å². The zero-order chi connectivity index (χ0) is 20.2. The van der Waals surface area contributed by atoms with Crippen LogP contribution in [0.3, 0.4) is 0 Å². The van der Waals surface area contributed by atoms with Gasteiger partial charge < -0.3 is 10.0 Å². The minimum Gasteiger partial charge on any atom is -0.508 e. The number of hydrogen-bond donors (Lipinski definition) is 1. The van der Waals surface area contributed by atoms with E-state index in [0.29, 0.717) is 11.7 Å². The molecule has 4 saturated carbocycles. The average Bonchev–Trinajstić information content (AvgIpc) is 2.64. The lowest BCUT2D eigenvalue weighted by Crippen LogP contribution is -2.67. The number of benzene rings is 1. The SMILES string of the molecule is CC1(C)[C@H]2Cc3c(O)cccc3[C@]1(C)CCN2C(=O)C12CC3CC(CC(C3)C1)C2. The molecule has 2 atom stereocenters. The molecule has 0 radical (unpaired) electrons. The third kappa shape index (κ3) is 2.23. The summed E-state index contributed by atoms with van der Waals surface area (Å²) in [5, 5.41) is 10.6. The number of amides is 1. The molecule has 29 heavy (non-hydrogen) atoms. The van der Waals surface area contributed by atoms with E-state index >= 15 is 0 Å². The summed E-state index contributed by atoms with van der Waals surface area (Å²) in [6.07, 6.45) is 9.33. The smallest absolute Gasteiger partial charge is 0.229 e. The fourth-order valence-corrected chi connectivity index (χ4v) is 8.85. The number of phenolic OH excluding ortho intramolecular Hbond substituents is 1. The van der Waals surface area contributed by atoms with E-state index in [-0.39, 0.29) is 22.3 Å². The molecule has 1 aromatic rings. The Kier molecular flexibility index (Phi) is 3.52. The van der Waals surface area contributed by atoms with Crippen molar-refractivity contribution < 1.29 is 9.90 Å². The highest BCUT2D eigenvalue weighted by atomic mass is 16.3. The maximum Gasteiger partial charge on any atom is 0.229 e. The lowest BCUT2D eigenvalue weighted by Gasteiger charge is -2.63. The zero-order valence-electron chi connectivity index (χ0n) is 18.2. The molecule has 1 aliphatic heterocycles. The molecular formula is C26H35NO2. The Morgan fingerprint density at radius 3 is 2.28 bits per heavy atom. The summed E-state index contributed by atoms with van der Waals surface area (Å²) in [7, 11) is 0. The molecule has 0 aromatic heterocycles. The molecule has 1 N–H and O–H groups in total. The van der Waals surface area contributed by atoms with Gasteiger partial charge in [-0.3, -0.25) is 4.79 Å². The van der Waals surface area contributed by atoms with Gasteiger partial charge in [-0.2, -0.15) is 0 Å². The second-order valence-electron chi connectivity index (χ2n) is 12.0. The molecule has 7 rings (SSSR count). The number of likely N-dealkylation sites (tertiary alicyclic amines) is 1.